The molecule has 0 unspecified atom stereocenters. The molecule has 0 radical (unpaired) electrons. The van der Waals surface area contributed by atoms with Crippen LogP contribution in [0.15, 0.2) is 59.4 Å². The van der Waals surface area contributed by atoms with Crippen molar-refractivity contribution in [2.75, 3.05) is 0 Å². The molecule has 0 saturated heterocycles. The zero-order valence-corrected chi connectivity index (χ0v) is 18.9. The number of benzene rings is 2. The number of halogens is 1. The fourth-order valence-electron chi connectivity index (χ4n) is 4.06. The predicted octanol–water partition coefficient (Wildman–Crippen LogP) is 5.06. The van der Waals surface area contributed by atoms with Crippen LogP contribution in [0.3, 0.4) is 0 Å². The van der Waals surface area contributed by atoms with E-state index >= 15 is 0 Å². The monoisotopic (exact) mass is 448 g/mol. The summed E-state index contributed by atoms with van der Waals surface area (Å²) in [7, 11) is 0. The van der Waals surface area contributed by atoms with E-state index in [9.17, 15) is 14.4 Å². The van der Waals surface area contributed by atoms with E-state index in [1.807, 2.05) is 30.3 Å². The summed E-state index contributed by atoms with van der Waals surface area (Å²) < 4.78 is 1.53. The van der Waals surface area contributed by atoms with Gasteiger partial charge in [0, 0.05) is 34.9 Å². The van der Waals surface area contributed by atoms with E-state index in [1.165, 1.54) is 10.6 Å². The molecular formula is C26H25ClN2O3. The van der Waals surface area contributed by atoms with E-state index in [-0.39, 0.29) is 17.9 Å². The summed E-state index contributed by atoms with van der Waals surface area (Å²) in [5, 5.41) is 3.36. The highest BCUT2D eigenvalue weighted by Crippen LogP contribution is 2.25. The molecule has 0 atom stereocenters. The molecule has 0 spiro atoms. The Hall–Kier alpha value is -3.18. The Morgan fingerprint density at radius 1 is 1.06 bits per heavy atom. The fourth-order valence-corrected chi connectivity index (χ4v) is 4.27. The van der Waals surface area contributed by atoms with E-state index in [0.29, 0.717) is 47.1 Å². The van der Waals surface area contributed by atoms with Crippen LogP contribution in [0.2, 0.25) is 5.02 Å². The maximum Gasteiger partial charge on any atom is 0.268 e. The van der Waals surface area contributed by atoms with Crippen LogP contribution < -0.4 is 10.9 Å². The van der Waals surface area contributed by atoms with Crippen LogP contribution in [0.4, 0.5) is 0 Å². The molecule has 1 amide bonds. The van der Waals surface area contributed by atoms with Gasteiger partial charge in [-0.25, -0.2) is 0 Å². The first-order valence-electron chi connectivity index (χ1n) is 10.8. The molecule has 1 heterocycles. The number of fused-ring (bicyclic) bond motifs is 1. The highest BCUT2D eigenvalue weighted by molar-refractivity contribution is 6.30. The normalized spacial score (nSPS) is 13.2. The Morgan fingerprint density at radius 2 is 1.81 bits per heavy atom. The molecule has 6 heteroatoms. The molecule has 0 saturated carbocycles. The minimum absolute atomic E-state index is 0.0334. The van der Waals surface area contributed by atoms with Crippen molar-refractivity contribution in [2.24, 2.45) is 0 Å². The number of nitrogens with one attached hydrogen (secondary N) is 1. The summed E-state index contributed by atoms with van der Waals surface area (Å²) >= 11 is 6.01. The van der Waals surface area contributed by atoms with Crippen LogP contribution in [0.5, 0.6) is 0 Å². The second kappa shape index (κ2) is 9.13. The van der Waals surface area contributed by atoms with Crippen LogP contribution in [-0.2, 0) is 13.0 Å². The minimum Gasteiger partial charge on any atom is -0.348 e. The largest absolute Gasteiger partial charge is 0.348 e. The molecule has 0 aliphatic heterocycles. The highest BCUT2D eigenvalue weighted by Gasteiger charge is 2.26. The third kappa shape index (κ3) is 4.39. The Labute approximate surface area is 192 Å². The van der Waals surface area contributed by atoms with Gasteiger partial charge in [0.2, 0.25) is 0 Å². The lowest BCUT2D eigenvalue weighted by Gasteiger charge is -2.22. The van der Waals surface area contributed by atoms with Crippen LogP contribution in [-0.4, -0.2) is 16.3 Å². The van der Waals surface area contributed by atoms with Gasteiger partial charge in [0.1, 0.15) is 5.56 Å². The number of rotatable bonds is 5. The molecule has 0 bridgehead atoms. The zero-order valence-electron chi connectivity index (χ0n) is 18.2. The third-order valence-corrected chi connectivity index (χ3v) is 6.06. The van der Waals surface area contributed by atoms with E-state index < -0.39 is 11.5 Å². The standard InChI is InChI=1S/C26H25ClN2O3/c1-16(2)18-9-11-20(12-10-18)29-23-7-4-8-24(30)21(23)14-22(26(29)32)25(31)28-15-17-5-3-6-19(27)13-17/h3,5-6,9-14,16H,4,7-8,15H2,1-2H3,(H,28,31). The predicted molar refractivity (Wildman–Crippen MR) is 126 cm³/mol. The van der Waals surface area contributed by atoms with Crippen molar-refractivity contribution >= 4 is 23.3 Å². The average Bonchev–Trinajstić information content (AvgIpc) is 2.77. The maximum atomic E-state index is 13.4. The van der Waals surface area contributed by atoms with Gasteiger partial charge in [-0.3, -0.25) is 19.0 Å². The molecule has 32 heavy (non-hydrogen) atoms. The second-order valence-electron chi connectivity index (χ2n) is 8.39. The number of Topliss-reactive ketones (excluding diaryl/α,β-unsaturated/α-hetero) is 1. The van der Waals surface area contributed by atoms with Gasteiger partial charge in [-0.05, 0) is 60.2 Å². The number of pyridine rings is 1. The first-order chi connectivity index (χ1) is 15.3. The van der Waals surface area contributed by atoms with Crippen molar-refractivity contribution in [1.82, 2.24) is 9.88 Å². The number of amides is 1. The summed E-state index contributed by atoms with van der Waals surface area (Å²) in [5.41, 5.74) is 3.32. The summed E-state index contributed by atoms with van der Waals surface area (Å²) in [6.45, 7) is 4.44. The third-order valence-electron chi connectivity index (χ3n) is 5.83. The van der Waals surface area contributed by atoms with Crippen LogP contribution in [0.25, 0.3) is 5.69 Å². The Kier molecular flexibility index (Phi) is 6.28. The molecule has 3 aromatic rings. The number of hydrogen-bond donors (Lipinski definition) is 1. The Morgan fingerprint density at radius 3 is 2.50 bits per heavy atom. The van der Waals surface area contributed by atoms with Gasteiger partial charge in [0.15, 0.2) is 5.78 Å². The van der Waals surface area contributed by atoms with Gasteiger partial charge in [0.25, 0.3) is 11.5 Å². The van der Waals surface area contributed by atoms with E-state index in [2.05, 4.69) is 19.2 Å². The summed E-state index contributed by atoms with van der Waals surface area (Å²) in [4.78, 5) is 39.1. The number of carbonyl (C=O) groups excluding carboxylic acids is 2. The number of carbonyl (C=O) groups is 2. The molecule has 4 rings (SSSR count). The van der Waals surface area contributed by atoms with Gasteiger partial charge in [-0.15, -0.1) is 0 Å². The number of nitrogens with zero attached hydrogens (tertiary/aromatic N) is 1. The van der Waals surface area contributed by atoms with Gasteiger partial charge in [-0.1, -0.05) is 49.7 Å². The quantitative estimate of drug-likeness (QED) is 0.593. The first-order valence-corrected chi connectivity index (χ1v) is 11.2. The smallest absolute Gasteiger partial charge is 0.268 e. The Bertz CT molecular complexity index is 1240. The van der Waals surface area contributed by atoms with Crippen molar-refractivity contribution in [2.45, 2.75) is 45.6 Å². The van der Waals surface area contributed by atoms with Gasteiger partial charge < -0.3 is 5.32 Å². The fraction of sp³-hybridized carbons (Fsp3) is 0.269. The second-order valence-corrected chi connectivity index (χ2v) is 8.83. The summed E-state index contributed by atoms with van der Waals surface area (Å²) in [6, 6.07) is 16.3. The average molecular weight is 449 g/mol. The first kappa shape index (κ1) is 22.0. The van der Waals surface area contributed by atoms with Crippen LogP contribution in [0, 0.1) is 0 Å². The molecule has 2 aromatic carbocycles. The topological polar surface area (TPSA) is 68.2 Å². The van der Waals surface area contributed by atoms with E-state index in [1.54, 1.807) is 18.2 Å². The Balaban J connectivity index is 1.75. The SMILES string of the molecule is CC(C)c1ccc(-n2c3c(cc(C(=O)NCc4cccc(Cl)c4)c2=O)C(=O)CCC3)cc1. The summed E-state index contributed by atoms with van der Waals surface area (Å²) in [5.74, 6) is -0.189. The maximum absolute atomic E-state index is 13.4. The molecule has 164 valence electrons. The van der Waals surface area contributed by atoms with Crippen molar-refractivity contribution in [3.05, 3.63) is 97.9 Å². The number of ketones is 1. The highest BCUT2D eigenvalue weighted by atomic mass is 35.5. The summed E-state index contributed by atoms with van der Waals surface area (Å²) in [6.07, 6.45) is 1.73. The molecular weight excluding hydrogens is 424 g/mol. The number of aromatic nitrogens is 1. The molecule has 1 aliphatic carbocycles. The van der Waals surface area contributed by atoms with Gasteiger partial charge >= 0.3 is 0 Å². The van der Waals surface area contributed by atoms with E-state index in [4.69, 9.17) is 11.6 Å². The van der Waals surface area contributed by atoms with E-state index in [0.717, 1.165) is 11.1 Å². The van der Waals surface area contributed by atoms with Crippen molar-refractivity contribution in [3.8, 4) is 5.69 Å². The molecule has 5 nitrogen and oxygen atoms in total. The minimum atomic E-state index is -0.510. The lowest BCUT2D eigenvalue weighted by molar-refractivity contribution is 0.0949. The van der Waals surface area contributed by atoms with Crippen LogP contribution >= 0.6 is 11.6 Å². The van der Waals surface area contributed by atoms with Crippen LogP contribution in [0.1, 0.15) is 70.1 Å². The zero-order chi connectivity index (χ0) is 22.8. The lowest BCUT2D eigenvalue weighted by Crippen LogP contribution is -2.36. The van der Waals surface area contributed by atoms with Gasteiger partial charge in [0.05, 0.1) is 0 Å². The number of hydrogen-bond acceptors (Lipinski definition) is 3. The van der Waals surface area contributed by atoms with Gasteiger partial charge in [-0.2, -0.15) is 0 Å². The lowest BCUT2D eigenvalue weighted by atomic mass is 9.92. The van der Waals surface area contributed by atoms with Crippen molar-refractivity contribution in [3.63, 3.8) is 0 Å². The molecule has 1 N–H and O–H groups in total. The van der Waals surface area contributed by atoms with Crippen molar-refractivity contribution < 1.29 is 9.59 Å². The van der Waals surface area contributed by atoms with Crippen molar-refractivity contribution in [1.29, 1.82) is 0 Å². The molecule has 0 fully saturated rings. The molecule has 1 aliphatic rings. The molecule has 1 aromatic heterocycles.